The van der Waals surface area contributed by atoms with E-state index in [2.05, 4.69) is 34.3 Å². The lowest BCUT2D eigenvalue weighted by Gasteiger charge is -2.19. The first-order valence-electron chi connectivity index (χ1n) is 7.98. The maximum atomic E-state index is 6.02. The Kier molecular flexibility index (Phi) is 3.79. The topological polar surface area (TPSA) is 42.2 Å². The summed E-state index contributed by atoms with van der Waals surface area (Å²) in [6.07, 6.45) is 7.04. The summed E-state index contributed by atoms with van der Waals surface area (Å²) >= 11 is 6.02. The van der Waals surface area contributed by atoms with E-state index in [-0.39, 0.29) is 0 Å². The van der Waals surface area contributed by atoms with Gasteiger partial charge in [0.15, 0.2) is 0 Å². The van der Waals surface area contributed by atoms with Crippen LogP contribution in [0, 0.1) is 11.8 Å². The Morgan fingerprint density at radius 1 is 1.35 bits per heavy atom. The molecule has 1 N–H and O–H groups in total. The molecule has 1 aliphatic carbocycles. The molecule has 1 aromatic carbocycles. The third-order valence-electron chi connectivity index (χ3n) is 4.62. The summed E-state index contributed by atoms with van der Waals surface area (Å²) in [6.45, 7) is 3.05. The predicted octanol–water partition coefficient (Wildman–Crippen LogP) is 3.87. The molecule has 4 nitrogen and oxygen atoms in total. The van der Waals surface area contributed by atoms with Gasteiger partial charge in [0.05, 0.1) is 5.69 Å². The van der Waals surface area contributed by atoms with Gasteiger partial charge in [-0.1, -0.05) is 30.7 Å². The second-order valence-corrected chi connectivity index (χ2v) is 6.78. The van der Waals surface area contributed by atoms with Crippen LogP contribution in [0.2, 0.25) is 5.02 Å². The van der Waals surface area contributed by atoms with Crippen LogP contribution in [0.15, 0.2) is 48.9 Å². The summed E-state index contributed by atoms with van der Waals surface area (Å²) in [7, 11) is 0. The summed E-state index contributed by atoms with van der Waals surface area (Å²) in [5.74, 6) is 2.20. The number of halogens is 1. The van der Waals surface area contributed by atoms with Crippen molar-refractivity contribution in [3.8, 4) is 0 Å². The molecule has 3 atom stereocenters. The molecule has 2 aromatic heterocycles. The van der Waals surface area contributed by atoms with Crippen molar-refractivity contribution in [2.24, 2.45) is 11.8 Å². The molecule has 2 heterocycles. The highest BCUT2D eigenvalue weighted by Gasteiger charge is 2.39. The minimum atomic E-state index is 0.347. The lowest BCUT2D eigenvalue weighted by atomic mass is 10.0. The minimum Gasteiger partial charge on any atom is -0.304 e. The molecular formula is C18H19ClN4. The molecule has 5 heteroatoms. The number of nitrogens with zero attached hydrogens (tertiary/aromatic N) is 3. The van der Waals surface area contributed by atoms with Gasteiger partial charge >= 0.3 is 0 Å². The van der Waals surface area contributed by atoms with Crippen LogP contribution in [0.4, 0.5) is 0 Å². The van der Waals surface area contributed by atoms with Gasteiger partial charge in [-0.05, 0) is 42.0 Å². The van der Waals surface area contributed by atoms with Crippen molar-refractivity contribution in [1.29, 1.82) is 0 Å². The molecule has 0 amide bonds. The van der Waals surface area contributed by atoms with Crippen LogP contribution in [-0.4, -0.2) is 14.4 Å². The number of hydrogen-bond acceptors (Lipinski definition) is 3. The Morgan fingerprint density at radius 3 is 2.83 bits per heavy atom. The van der Waals surface area contributed by atoms with Crippen molar-refractivity contribution in [2.75, 3.05) is 0 Å². The Morgan fingerprint density at radius 2 is 2.13 bits per heavy atom. The molecule has 1 aliphatic rings. The number of benzene rings is 1. The fourth-order valence-corrected chi connectivity index (χ4v) is 3.31. The molecule has 0 unspecified atom stereocenters. The largest absolute Gasteiger partial charge is 0.304 e. The number of nitrogens with one attached hydrogen (secondary N) is 1. The molecule has 0 radical (unpaired) electrons. The second-order valence-electron chi connectivity index (χ2n) is 6.35. The zero-order chi connectivity index (χ0) is 15.8. The quantitative estimate of drug-likeness (QED) is 0.774. The normalized spacial score (nSPS) is 21.5. The number of imidazole rings is 1. The summed E-state index contributed by atoms with van der Waals surface area (Å²) < 4.78 is 1.95. The van der Waals surface area contributed by atoms with Gasteiger partial charge in [-0.25, -0.2) is 9.97 Å². The summed E-state index contributed by atoms with van der Waals surface area (Å²) in [4.78, 5) is 8.83. The average molecular weight is 327 g/mol. The Hall–Kier alpha value is -1.91. The fourth-order valence-electron chi connectivity index (χ4n) is 3.18. The zero-order valence-corrected chi connectivity index (χ0v) is 13.7. The Labute approximate surface area is 140 Å². The van der Waals surface area contributed by atoms with E-state index in [0.717, 1.165) is 29.0 Å². The van der Waals surface area contributed by atoms with Gasteiger partial charge in [0.25, 0.3) is 0 Å². The molecule has 0 saturated heterocycles. The van der Waals surface area contributed by atoms with Crippen molar-refractivity contribution < 1.29 is 0 Å². The van der Waals surface area contributed by atoms with Crippen molar-refractivity contribution in [3.05, 3.63) is 65.2 Å². The van der Waals surface area contributed by atoms with Crippen LogP contribution in [0.1, 0.15) is 30.6 Å². The van der Waals surface area contributed by atoms with Crippen molar-refractivity contribution in [1.82, 2.24) is 19.7 Å². The Balaban J connectivity index is 1.52. The number of aromatic nitrogens is 3. The van der Waals surface area contributed by atoms with Crippen molar-refractivity contribution >= 4 is 17.4 Å². The SMILES string of the molecule is C[C@@H]1C[C@@H]1[C@H](NCc1cn2cccnc2n1)c1ccc(Cl)cc1. The molecule has 1 fully saturated rings. The first-order chi connectivity index (χ1) is 11.2. The highest BCUT2D eigenvalue weighted by atomic mass is 35.5. The summed E-state index contributed by atoms with van der Waals surface area (Å²) in [5, 5.41) is 4.46. The maximum absolute atomic E-state index is 6.02. The monoisotopic (exact) mass is 326 g/mol. The standard InChI is InChI=1S/C18H19ClN4/c1-12-9-16(12)17(13-3-5-14(19)6-4-13)21-10-15-11-23-8-2-7-20-18(23)22-15/h2-8,11-12,16-17,21H,9-10H2,1H3/t12-,16+,17-/m1/s1. The summed E-state index contributed by atoms with van der Waals surface area (Å²) in [5.41, 5.74) is 2.31. The van der Waals surface area contributed by atoms with Gasteiger partial charge in [-0.2, -0.15) is 0 Å². The molecule has 0 aliphatic heterocycles. The highest BCUT2D eigenvalue weighted by molar-refractivity contribution is 6.30. The van der Waals surface area contributed by atoms with E-state index in [1.165, 1.54) is 12.0 Å². The van der Waals surface area contributed by atoms with E-state index in [9.17, 15) is 0 Å². The number of hydrogen-bond donors (Lipinski definition) is 1. The van der Waals surface area contributed by atoms with E-state index in [4.69, 9.17) is 11.6 Å². The van der Waals surface area contributed by atoms with Crippen molar-refractivity contribution in [2.45, 2.75) is 25.9 Å². The van der Waals surface area contributed by atoms with Crippen LogP contribution >= 0.6 is 11.6 Å². The molecule has 118 valence electrons. The maximum Gasteiger partial charge on any atom is 0.233 e. The number of rotatable bonds is 5. The molecular weight excluding hydrogens is 308 g/mol. The van der Waals surface area contributed by atoms with Gasteiger partial charge < -0.3 is 5.32 Å². The molecule has 3 aromatic rings. The van der Waals surface area contributed by atoms with E-state index >= 15 is 0 Å². The van der Waals surface area contributed by atoms with Crippen LogP contribution in [0.5, 0.6) is 0 Å². The van der Waals surface area contributed by atoms with Gasteiger partial charge in [-0.15, -0.1) is 0 Å². The van der Waals surface area contributed by atoms with Crippen LogP contribution in [0.25, 0.3) is 5.78 Å². The third kappa shape index (κ3) is 3.09. The smallest absolute Gasteiger partial charge is 0.233 e. The predicted molar refractivity (Wildman–Crippen MR) is 91.3 cm³/mol. The fraction of sp³-hybridized carbons (Fsp3) is 0.333. The highest BCUT2D eigenvalue weighted by Crippen LogP contribution is 2.47. The van der Waals surface area contributed by atoms with Gasteiger partial charge in [0.2, 0.25) is 5.78 Å². The van der Waals surface area contributed by atoms with E-state index < -0.39 is 0 Å². The average Bonchev–Trinajstić information content (AvgIpc) is 3.12. The Bertz CT molecular complexity index is 778. The second kappa shape index (κ2) is 5.95. The first kappa shape index (κ1) is 14.7. The zero-order valence-electron chi connectivity index (χ0n) is 13.0. The van der Waals surface area contributed by atoms with Gasteiger partial charge in [-0.3, -0.25) is 4.40 Å². The summed E-state index contributed by atoms with van der Waals surface area (Å²) in [6, 6.07) is 10.4. The molecule has 1 saturated carbocycles. The van der Waals surface area contributed by atoms with E-state index in [0.29, 0.717) is 12.0 Å². The number of fused-ring (bicyclic) bond motifs is 1. The molecule has 0 spiro atoms. The lowest BCUT2D eigenvalue weighted by Crippen LogP contribution is -2.23. The van der Waals surface area contributed by atoms with Crippen LogP contribution in [0.3, 0.4) is 0 Å². The van der Waals surface area contributed by atoms with Gasteiger partial charge in [0.1, 0.15) is 0 Å². The molecule has 4 rings (SSSR count). The third-order valence-corrected chi connectivity index (χ3v) is 4.87. The van der Waals surface area contributed by atoms with Crippen molar-refractivity contribution in [3.63, 3.8) is 0 Å². The molecule has 0 bridgehead atoms. The molecule has 23 heavy (non-hydrogen) atoms. The van der Waals surface area contributed by atoms with Crippen LogP contribution in [-0.2, 0) is 6.54 Å². The van der Waals surface area contributed by atoms with E-state index in [1.54, 1.807) is 6.20 Å². The first-order valence-corrected chi connectivity index (χ1v) is 8.36. The van der Waals surface area contributed by atoms with Crippen LogP contribution < -0.4 is 5.32 Å². The minimum absolute atomic E-state index is 0.347. The van der Waals surface area contributed by atoms with Gasteiger partial charge in [0, 0.05) is 36.2 Å². The van der Waals surface area contributed by atoms with E-state index in [1.807, 2.05) is 35.0 Å². The lowest BCUT2D eigenvalue weighted by molar-refractivity contribution is 0.459.